The van der Waals surface area contributed by atoms with Crippen LogP contribution < -0.4 is 5.32 Å². The summed E-state index contributed by atoms with van der Waals surface area (Å²) in [7, 11) is 2.24. The molecule has 2 aliphatic rings. The number of likely N-dealkylation sites (tertiary alicyclic amines) is 1. The van der Waals surface area contributed by atoms with Crippen molar-refractivity contribution < 1.29 is 0 Å². The largest absolute Gasteiger partial charge is 0.317 e. The van der Waals surface area contributed by atoms with E-state index in [9.17, 15) is 0 Å². The third kappa shape index (κ3) is 1.89. The highest BCUT2D eigenvalue weighted by Gasteiger charge is 2.53. The zero-order valence-corrected chi connectivity index (χ0v) is 8.97. The molecule has 2 fully saturated rings. The van der Waals surface area contributed by atoms with Gasteiger partial charge in [-0.15, -0.1) is 0 Å². The molecule has 2 heteroatoms. The maximum absolute atomic E-state index is 3.48. The summed E-state index contributed by atoms with van der Waals surface area (Å²) in [4.78, 5) is 2.47. The molecule has 13 heavy (non-hydrogen) atoms. The highest BCUT2D eigenvalue weighted by molar-refractivity contribution is 5.05. The minimum absolute atomic E-state index is 0.772. The summed E-state index contributed by atoms with van der Waals surface area (Å²) in [6.45, 7) is 7.24. The topological polar surface area (TPSA) is 15.3 Å². The smallest absolute Gasteiger partial charge is 0.00151 e. The molecule has 1 atom stereocenters. The van der Waals surface area contributed by atoms with Crippen LogP contribution in [0.4, 0.5) is 0 Å². The average Bonchev–Trinajstić information content (AvgIpc) is 2.82. The van der Waals surface area contributed by atoms with E-state index >= 15 is 0 Å². The Morgan fingerprint density at radius 1 is 1.38 bits per heavy atom. The van der Waals surface area contributed by atoms with Crippen molar-refractivity contribution in [3.8, 4) is 0 Å². The molecule has 0 bridgehead atoms. The van der Waals surface area contributed by atoms with Crippen LogP contribution in [0, 0.1) is 11.3 Å². The number of rotatable bonds is 3. The zero-order chi connectivity index (χ0) is 9.31. The lowest BCUT2D eigenvalue weighted by molar-refractivity contribution is 0.192. The number of nitrogens with zero attached hydrogens (tertiary/aromatic N) is 1. The van der Waals surface area contributed by atoms with Gasteiger partial charge in [-0.05, 0) is 63.8 Å². The van der Waals surface area contributed by atoms with E-state index in [4.69, 9.17) is 0 Å². The van der Waals surface area contributed by atoms with Gasteiger partial charge in [0.25, 0.3) is 0 Å². The predicted molar refractivity (Wildman–Crippen MR) is 55.8 cm³/mol. The Morgan fingerprint density at radius 3 is 2.69 bits per heavy atom. The normalized spacial score (nSPS) is 32.3. The Labute approximate surface area is 81.7 Å². The molecule has 0 radical (unpaired) electrons. The Balaban J connectivity index is 1.76. The quantitative estimate of drug-likeness (QED) is 0.708. The van der Waals surface area contributed by atoms with E-state index in [0.29, 0.717) is 0 Å². The second-order valence-electron chi connectivity index (χ2n) is 4.87. The number of hydrogen-bond acceptors (Lipinski definition) is 2. The van der Waals surface area contributed by atoms with Crippen LogP contribution in [0.3, 0.4) is 0 Å². The van der Waals surface area contributed by atoms with Gasteiger partial charge in [0, 0.05) is 0 Å². The molecule has 0 aromatic heterocycles. The van der Waals surface area contributed by atoms with Gasteiger partial charge in [0.05, 0.1) is 0 Å². The van der Waals surface area contributed by atoms with Gasteiger partial charge in [0.15, 0.2) is 0 Å². The van der Waals surface area contributed by atoms with Crippen LogP contribution in [-0.2, 0) is 0 Å². The molecule has 2 rings (SSSR count). The van der Waals surface area contributed by atoms with Gasteiger partial charge in [-0.25, -0.2) is 0 Å². The molecule has 0 aromatic carbocycles. The van der Waals surface area contributed by atoms with Crippen molar-refractivity contribution in [2.75, 3.05) is 33.2 Å². The second kappa shape index (κ2) is 3.58. The van der Waals surface area contributed by atoms with Crippen molar-refractivity contribution in [3.63, 3.8) is 0 Å². The van der Waals surface area contributed by atoms with E-state index < -0.39 is 0 Å². The van der Waals surface area contributed by atoms with Crippen LogP contribution in [0.15, 0.2) is 0 Å². The van der Waals surface area contributed by atoms with Crippen LogP contribution in [0.25, 0.3) is 0 Å². The first-order valence-corrected chi connectivity index (χ1v) is 5.66. The minimum atomic E-state index is 0.772. The monoisotopic (exact) mass is 182 g/mol. The highest BCUT2D eigenvalue weighted by Crippen LogP contribution is 2.58. The SMILES string of the molecule is CCNCC1CC12CCN(C)CC2. The fourth-order valence-corrected chi connectivity index (χ4v) is 2.72. The van der Waals surface area contributed by atoms with E-state index in [1.54, 1.807) is 0 Å². The van der Waals surface area contributed by atoms with Crippen molar-refractivity contribution in [2.45, 2.75) is 26.2 Å². The van der Waals surface area contributed by atoms with Crippen molar-refractivity contribution in [2.24, 2.45) is 11.3 Å². The fraction of sp³-hybridized carbons (Fsp3) is 1.00. The van der Waals surface area contributed by atoms with Crippen molar-refractivity contribution >= 4 is 0 Å². The third-order valence-electron chi connectivity index (χ3n) is 3.98. The zero-order valence-electron chi connectivity index (χ0n) is 8.97. The number of hydrogen-bond donors (Lipinski definition) is 1. The van der Waals surface area contributed by atoms with E-state index in [0.717, 1.165) is 17.9 Å². The molecule has 1 N–H and O–H groups in total. The van der Waals surface area contributed by atoms with E-state index in [1.807, 2.05) is 0 Å². The molecular weight excluding hydrogens is 160 g/mol. The molecule has 76 valence electrons. The summed E-state index contributed by atoms with van der Waals surface area (Å²) in [5.41, 5.74) is 0.772. The van der Waals surface area contributed by atoms with Gasteiger partial charge in [-0.1, -0.05) is 6.92 Å². The standard InChI is InChI=1S/C11H22N2/c1-3-12-9-10-8-11(10)4-6-13(2)7-5-11/h10,12H,3-9H2,1-2H3. The molecule has 1 saturated carbocycles. The van der Waals surface area contributed by atoms with Crippen molar-refractivity contribution in [3.05, 3.63) is 0 Å². The van der Waals surface area contributed by atoms with Crippen molar-refractivity contribution in [1.82, 2.24) is 10.2 Å². The summed E-state index contributed by atoms with van der Waals surface area (Å²) in [6.07, 6.45) is 4.38. The summed E-state index contributed by atoms with van der Waals surface area (Å²) in [6, 6.07) is 0. The van der Waals surface area contributed by atoms with E-state index in [2.05, 4.69) is 24.2 Å². The third-order valence-corrected chi connectivity index (χ3v) is 3.98. The Bertz CT molecular complexity index is 171. The molecule has 1 spiro atoms. The van der Waals surface area contributed by atoms with Crippen LogP contribution in [0.1, 0.15) is 26.2 Å². The molecule has 2 nitrogen and oxygen atoms in total. The summed E-state index contributed by atoms with van der Waals surface area (Å²) < 4.78 is 0. The van der Waals surface area contributed by atoms with Crippen LogP contribution in [0.5, 0.6) is 0 Å². The molecule has 1 saturated heterocycles. The molecule has 1 unspecified atom stereocenters. The fourth-order valence-electron chi connectivity index (χ4n) is 2.72. The maximum atomic E-state index is 3.48. The van der Waals surface area contributed by atoms with E-state index in [1.165, 1.54) is 38.9 Å². The molecule has 0 aromatic rings. The maximum Gasteiger partial charge on any atom is -0.00151 e. The number of nitrogens with one attached hydrogen (secondary N) is 1. The summed E-state index contributed by atoms with van der Waals surface area (Å²) >= 11 is 0. The molecule has 0 amide bonds. The first-order chi connectivity index (χ1) is 6.27. The highest BCUT2D eigenvalue weighted by atomic mass is 15.1. The predicted octanol–water partition coefficient (Wildman–Crippen LogP) is 1.33. The van der Waals surface area contributed by atoms with Crippen molar-refractivity contribution in [1.29, 1.82) is 0 Å². The number of piperidine rings is 1. The van der Waals surface area contributed by atoms with Gasteiger partial charge >= 0.3 is 0 Å². The lowest BCUT2D eigenvalue weighted by Gasteiger charge is -2.30. The lowest BCUT2D eigenvalue weighted by atomic mass is 9.91. The van der Waals surface area contributed by atoms with Gasteiger partial charge in [0.1, 0.15) is 0 Å². The Morgan fingerprint density at radius 2 is 2.08 bits per heavy atom. The molecule has 1 heterocycles. The average molecular weight is 182 g/mol. The second-order valence-corrected chi connectivity index (χ2v) is 4.87. The first kappa shape index (κ1) is 9.47. The molecule has 1 aliphatic carbocycles. The Kier molecular flexibility index (Phi) is 2.61. The first-order valence-electron chi connectivity index (χ1n) is 5.66. The summed E-state index contributed by atoms with van der Waals surface area (Å²) in [5, 5.41) is 3.48. The van der Waals surface area contributed by atoms with Gasteiger partial charge in [0.2, 0.25) is 0 Å². The van der Waals surface area contributed by atoms with E-state index in [-0.39, 0.29) is 0 Å². The van der Waals surface area contributed by atoms with Gasteiger partial charge in [-0.3, -0.25) is 0 Å². The molecular formula is C11H22N2. The van der Waals surface area contributed by atoms with Crippen LogP contribution in [-0.4, -0.2) is 38.1 Å². The Hall–Kier alpha value is -0.0800. The van der Waals surface area contributed by atoms with Gasteiger partial charge < -0.3 is 10.2 Å². The lowest BCUT2D eigenvalue weighted by Crippen LogP contribution is -2.33. The van der Waals surface area contributed by atoms with Gasteiger partial charge in [-0.2, -0.15) is 0 Å². The molecule has 1 aliphatic heterocycles. The van der Waals surface area contributed by atoms with Crippen LogP contribution >= 0.6 is 0 Å². The summed E-state index contributed by atoms with van der Waals surface area (Å²) in [5.74, 6) is 1.00. The minimum Gasteiger partial charge on any atom is -0.317 e. The van der Waals surface area contributed by atoms with Crippen LogP contribution in [0.2, 0.25) is 0 Å².